The van der Waals surface area contributed by atoms with Gasteiger partial charge in [-0.05, 0) is 37.3 Å². The fourth-order valence-electron chi connectivity index (χ4n) is 2.37. The number of nitrogens with one attached hydrogen (secondary N) is 1. The lowest BCUT2D eigenvalue weighted by Gasteiger charge is -2.30. The second kappa shape index (κ2) is 4.40. The number of hydrogen-bond acceptors (Lipinski definition) is 3. The standard InChI is InChI=1S/C13H21N3/c1-4-8-14-11-9-10-6-5-7-13(2,3)12(10)16-15-11/h9H,4-8H2,1-3H3,(H,14,15). The number of fused-ring (bicyclic) bond motifs is 1. The lowest BCUT2D eigenvalue weighted by Crippen LogP contribution is -2.26. The number of rotatable bonds is 3. The first kappa shape index (κ1) is 11.4. The molecule has 0 aliphatic heterocycles. The van der Waals surface area contributed by atoms with Gasteiger partial charge in [0, 0.05) is 12.0 Å². The fourth-order valence-corrected chi connectivity index (χ4v) is 2.37. The molecule has 1 N–H and O–H groups in total. The lowest BCUT2D eigenvalue weighted by molar-refractivity contribution is 0.413. The molecule has 1 heterocycles. The molecule has 3 heteroatoms. The molecular formula is C13H21N3. The van der Waals surface area contributed by atoms with Crippen molar-refractivity contribution in [1.29, 1.82) is 0 Å². The summed E-state index contributed by atoms with van der Waals surface area (Å²) >= 11 is 0. The van der Waals surface area contributed by atoms with Crippen LogP contribution in [0.25, 0.3) is 0 Å². The summed E-state index contributed by atoms with van der Waals surface area (Å²) in [5, 5.41) is 12.0. The summed E-state index contributed by atoms with van der Waals surface area (Å²) in [6, 6.07) is 2.18. The van der Waals surface area contributed by atoms with Gasteiger partial charge in [0.05, 0.1) is 5.69 Å². The Morgan fingerprint density at radius 2 is 2.19 bits per heavy atom. The Hall–Kier alpha value is -1.12. The third kappa shape index (κ3) is 2.18. The minimum atomic E-state index is 0.198. The molecule has 0 fully saturated rings. The average Bonchev–Trinajstić information content (AvgIpc) is 2.25. The Balaban J connectivity index is 2.25. The summed E-state index contributed by atoms with van der Waals surface area (Å²) in [6.45, 7) is 7.65. The van der Waals surface area contributed by atoms with E-state index in [0.29, 0.717) is 0 Å². The van der Waals surface area contributed by atoms with Crippen molar-refractivity contribution in [3.05, 3.63) is 17.3 Å². The van der Waals surface area contributed by atoms with E-state index in [1.807, 2.05) is 0 Å². The number of nitrogens with zero attached hydrogens (tertiary/aromatic N) is 2. The fraction of sp³-hybridized carbons (Fsp3) is 0.692. The highest BCUT2D eigenvalue weighted by molar-refractivity contribution is 5.41. The van der Waals surface area contributed by atoms with Crippen molar-refractivity contribution >= 4 is 5.82 Å². The predicted molar refractivity (Wildman–Crippen MR) is 66.8 cm³/mol. The van der Waals surface area contributed by atoms with Crippen LogP contribution in [-0.4, -0.2) is 16.7 Å². The second-order valence-electron chi connectivity index (χ2n) is 5.27. The Labute approximate surface area is 97.7 Å². The Kier molecular flexibility index (Phi) is 3.13. The van der Waals surface area contributed by atoms with Crippen molar-refractivity contribution in [3.63, 3.8) is 0 Å². The van der Waals surface area contributed by atoms with Crippen LogP contribution < -0.4 is 5.32 Å². The van der Waals surface area contributed by atoms with Gasteiger partial charge in [-0.3, -0.25) is 0 Å². The summed E-state index contributed by atoms with van der Waals surface area (Å²) in [5.41, 5.74) is 2.77. The van der Waals surface area contributed by atoms with Crippen LogP contribution >= 0.6 is 0 Å². The molecule has 0 unspecified atom stereocenters. The maximum Gasteiger partial charge on any atom is 0.148 e. The molecule has 1 aliphatic rings. The molecule has 0 spiro atoms. The van der Waals surface area contributed by atoms with Gasteiger partial charge in [0.25, 0.3) is 0 Å². The highest BCUT2D eigenvalue weighted by Gasteiger charge is 2.29. The van der Waals surface area contributed by atoms with E-state index in [2.05, 4.69) is 42.4 Å². The van der Waals surface area contributed by atoms with E-state index in [4.69, 9.17) is 0 Å². The molecule has 16 heavy (non-hydrogen) atoms. The molecule has 0 saturated heterocycles. The van der Waals surface area contributed by atoms with Gasteiger partial charge < -0.3 is 5.32 Å². The molecule has 0 aromatic carbocycles. The third-order valence-electron chi connectivity index (χ3n) is 3.32. The zero-order chi connectivity index (χ0) is 11.6. The highest BCUT2D eigenvalue weighted by Crippen LogP contribution is 2.35. The van der Waals surface area contributed by atoms with Crippen LogP contribution in [0.5, 0.6) is 0 Å². The van der Waals surface area contributed by atoms with Crippen LogP contribution in [0.4, 0.5) is 5.82 Å². The van der Waals surface area contributed by atoms with Crippen LogP contribution in [0.2, 0.25) is 0 Å². The predicted octanol–water partition coefficient (Wildman–Crippen LogP) is 2.91. The molecule has 0 bridgehead atoms. The maximum atomic E-state index is 4.41. The van der Waals surface area contributed by atoms with Crippen LogP contribution in [0.1, 0.15) is 51.3 Å². The van der Waals surface area contributed by atoms with Gasteiger partial charge in [0.2, 0.25) is 0 Å². The Bertz CT molecular complexity index is 371. The van der Waals surface area contributed by atoms with E-state index in [0.717, 1.165) is 25.2 Å². The quantitative estimate of drug-likeness (QED) is 0.849. The van der Waals surface area contributed by atoms with Crippen molar-refractivity contribution in [3.8, 4) is 0 Å². The van der Waals surface area contributed by atoms with Crippen LogP contribution in [0, 0.1) is 0 Å². The molecule has 2 rings (SSSR count). The van der Waals surface area contributed by atoms with Crippen LogP contribution in [0.15, 0.2) is 6.07 Å². The minimum absolute atomic E-state index is 0.198. The highest BCUT2D eigenvalue weighted by atomic mass is 15.2. The number of aryl methyl sites for hydroxylation is 1. The maximum absolute atomic E-state index is 4.41. The lowest BCUT2D eigenvalue weighted by atomic mass is 9.76. The number of anilines is 1. The van der Waals surface area contributed by atoms with Gasteiger partial charge in [0.1, 0.15) is 5.82 Å². The summed E-state index contributed by atoms with van der Waals surface area (Å²) < 4.78 is 0. The minimum Gasteiger partial charge on any atom is -0.369 e. The van der Waals surface area contributed by atoms with Gasteiger partial charge in [-0.1, -0.05) is 20.8 Å². The van der Waals surface area contributed by atoms with E-state index < -0.39 is 0 Å². The van der Waals surface area contributed by atoms with E-state index in [1.54, 1.807) is 0 Å². The van der Waals surface area contributed by atoms with Gasteiger partial charge in [0.15, 0.2) is 0 Å². The molecule has 0 atom stereocenters. The largest absolute Gasteiger partial charge is 0.369 e. The van der Waals surface area contributed by atoms with Gasteiger partial charge in [-0.2, -0.15) is 5.10 Å². The van der Waals surface area contributed by atoms with E-state index in [9.17, 15) is 0 Å². The van der Waals surface area contributed by atoms with E-state index in [-0.39, 0.29) is 5.41 Å². The van der Waals surface area contributed by atoms with E-state index >= 15 is 0 Å². The normalized spacial score (nSPS) is 17.9. The topological polar surface area (TPSA) is 37.8 Å². The molecule has 0 radical (unpaired) electrons. The van der Waals surface area contributed by atoms with Gasteiger partial charge in [-0.25, -0.2) is 0 Å². The molecule has 1 aromatic heterocycles. The third-order valence-corrected chi connectivity index (χ3v) is 3.32. The summed E-state index contributed by atoms with van der Waals surface area (Å²) in [4.78, 5) is 0. The summed E-state index contributed by atoms with van der Waals surface area (Å²) in [5.74, 6) is 0.929. The van der Waals surface area contributed by atoms with Crippen molar-refractivity contribution in [1.82, 2.24) is 10.2 Å². The monoisotopic (exact) mass is 219 g/mol. The smallest absolute Gasteiger partial charge is 0.148 e. The Morgan fingerprint density at radius 1 is 1.38 bits per heavy atom. The molecule has 3 nitrogen and oxygen atoms in total. The van der Waals surface area contributed by atoms with Crippen LogP contribution in [0.3, 0.4) is 0 Å². The van der Waals surface area contributed by atoms with Crippen molar-refractivity contribution in [2.75, 3.05) is 11.9 Å². The van der Waals surface area contributed by atoms with E-state index in [1.165, 1.54) is 24.1 Å². The summed E-state index contributed by atoms with van der Waals surface area (Å²) in [6.07, 6.45) is 4.74. The Morgan fingerprint density at radius 3 is 2.94 bits per heavy atom. The number of hydrogen-bond donors (Lipinski definition) is 1. The zero-order valence-corrected chi connectivity index (χ0v) is 10.5. The second-order valence-corrected chi connectivity index (χ2v) is 5.27. The van der Waals surface area contributed by atoms with Gasteiger partial charge in [-0.15, -0.1) is 5.10 Å². The van der Waals surface area contributed by atoms with Crippen molar-refractivity contribution < 1.29 is 0 Å². The molecular weight excluding hydrogens is 198 g/mol. The molecule has 1 aliphatic carbocycles. The molecule has 0 saturated carbocycles. The van der Waals surface area contributed by atoms with Crippen molar-refractivity contribution in [2.45, 2.75) is 51.9 Å². The van der Waals surface area contributed by atoms with Gasteiger partial charge >= 0.3 is 0 Å². The summed E-state index contributed by atoms with van der Waals surface area (Å²) in [7, 11) is 0. The molecule has 88 valence electrons. The SMILES string of the molecule is CCCNc1cc2c(nn1)C(C)(C)CCC2. The molecule has 0 amide bonds. The molecule has 1 aromatic rings. The first-order chi connectivity index (χ1) is 7.63. The average molecular weight is 219 g/mol. The van der Waals surface area contributed by atoms with Crippen molar-refractivity contribution in [2.24, 2.45) is 0 Å². The first-order valence-electron chi connectivity index (χ1n) is 6.24. The zero-order valence-electron chi connectivity index (χ0n) is 10.5. The first-order valence-corrected chi connectivity index (χ1v) is 6.24. The van der Waals surface area contributed by atoms with Crippen LogP contribution in [-0.2, 0) is 11.8 Å². The number of aromatic nitrogens is 2.